The van der Waals surface area contributed by atoms with Gasteiger partial charge in [-0.2, -0.15) is 0 Å². The number of nitrogens with zero attached hydrogens (tertiary/aromatic N) is 1. The minimum atomic E-state index is -2.32. The zero-order valence-electron chi connectivity index (χ0n) is 22.5. The van der Waals surface area contributed by atoms with E-state index in [0.717, 1.165) is 12.8 Å². The second-order valence-electron chi connectivity index (χ2n) is 9.63. The molecule has 1 aliphatic carbocycles. The van der Waals surface area contributed by atoms with E-state index in [4.69, 9.17) is 8.85 Å². The number of carboxylic acid groups (broad SMARTS) is 1. The molecule has 2 fully saturated rings. The van der Waals surface area contributed by atoms with Gasteiger partial charge in [-0.05, 0) is 80.1 Å². The number of likely N-dealkylation sites (tertiary alicyclic amines) is 1. The number of aliphatic carboxylic acids is 1. The predicted molar refractivity (Wildman–Crippen MR) is 133 cm³/mol. The first kappa shape index (κ1) is 19.7. The highest BCUT2D eigenvalue weighted by molar-refractivity contribution is 5.97. The number of hydrogen-bond acceptors (Lipinski definition) is 4. The lowest BCUT2D eigenvalue weighted by atomic mass is 9.82. The van der Waals surface area contributed by atoms with Gasteiger partial charge in [-0.25, -0.2) is 0 Å². The molecule has 1 saturated heterocycles. The first-order valence-electron chi connectivity index (χ1n) is 13.5. The number of piperidine rings is 1. The highest BCUT2D eigenvalue weighted by atomic mass is 16.5. The Morgan fingerprint density at radius 2 is 2.00 bits per heavy atom. The van der Waals surface area contributed by atoms with Gasteiger partial charge < -0.3 is 19.7 Å². The van der Waals surface area contributed by atoms with E-state index >= 15 is 0 Å². The number of amides is 1. The van der Waals surface area contributed by atoms with Gasteiger partial charge in [0.25, 0.3) is 11.5 Å². The Bertz CT molecular complexity index is 1460. The number of aromatic amines is 1. The molecule has 3 aromatic rings. The Balaban J connectivity index is 1.38. The molecule has 0 spiro atoms. The lowest BCUT2D eigenvalue weighted by Crippen LogP contribution is -2.48. The Morgan fingerprint density at radius 1 is 1.20 bits per heavy atom. The van der Waals surface area contributed by atoms with E-state index in [0.29, 0.717) is 53.6 Å². The van der Waals surface area contributed by atoms with Crippen LogP contribution in [0.4, 0.5) is 0 Å². The maximum Gasteiger partial charge on any atom is 0.309 e. The average Bonchev–Trinajstić information content (AvgIpc) is 3.71. The lowest BCUT2D eigenvalue weighted by Gasteiger charge is -2.37. The van der Waals surface area contributed by atoms with Crippen molar-refractivity contribution in [3.63, 3.8) is 0 Å². The molecule has 35 heavy (non-hydrogen) atoms. The molecule has 7 heteroatoms. The zero-order valence-corrected chi connectivity index (χ0v) is 19.5. The second-order valence-corrected chi connectivity index (χ2v) is 9.63. The minimum absolute atomic E-state index is 0.0553. The second kappa shape index (κ2) is 8.87. The summed E-state index contributed by atoms with van der Waals surface area (Å²) in [5, 5.41) is 10.5. The van der Waals surface area contributed by atoms with Crippen LogP contribution in [0.25, 0.3) is 21.9 Å². The standard InChI is InChI=1S/C28H30N2O5/c1-17-6-3-4-8-21(17)24-15-29-25(31)23-14-20(9-10-22(23)24)35-18(2)26(32)30-13-5-7-19(16-30)28(11-12-28)27(33)34/h3-4,6,8-10,14-15,18-19H,5,7,11-13,16H2,1-2H3,(H,29,31)(H,33,34)/t18-,19-/m1/s1/i1D3. The van der Waals surface area contributed by atoms with Crippen LogP contribution in [-0.4, -0.2) is 46.1 Å². The number of carbonyl (C=O) groups excluding carboxylic acids is 1. The molecule has 0 bridgehead atoms. The number of benzene rings is 2. The Hall–Kier alpha value is -3.61. The normalized spacial score (nSPS) is 21.5. The van der Waals surface area contributed by atoms with E-state index in [1.807, 2.05) is 0 Å². The van der Waals surface area contributed by atoms with E-state index in [1.165, 1.54) is 6.20 Å². The third kappa shape index (κ3) is 4.20. The Labute approximate surface area is 207 Å². The van der Waals surface area contributed by atoms with Crippen molar-refractivity contribution >= 4 is 22.6 Å². The number of fused-ring (bicyclic) bond motifs is 1. The van der Waals surface area contributed by atoms with Crippen molar-refractivity contribution < 1.29 is 23.5 Å². The fourth-order valence-corrected chi connectivity index (χ4v) is 5.32. The molecule has 1 saturated carbocycles. The molecule has 1 aliphatic heterocycles. The highest BCUT2D eigenvalue weighted by Crippen LogP contribution is 2.54. The molecule has 2 heterocycles. The molecular weight excluding hydrogens is 444 g/mol. The summed E-state index contributed by atoms with van der Waals surface area (Å²) >= 11 is 0. The van der Waals surface area contributed by atoms with E-state index in [2.05, 4.69) is 4.98 Å². The van der Waals surface area contributed by atoms with Crippen LogP contribution in [0.2, 0.25) is 0 Å². The number of ether oxygens (including phenoxy) is 1. The van der Waals surface area contributed by atoms with Crippen LogP contribution in [0.15, 0.2) is 53.5 Å². The van der Waals surface area contributed by atoms with Crippen molar-refractivity contribution in [3.05, 3.63) is 64.6 Å². The molecule has 2 aromatic carbocycles. The van der Waals surface area contributed by atoms with E-state index in [1.54, 1.807) is 54.3 Å². The molecule has 1 amide bonds. The number of carboxylic acids is 1. The number of rotatable bonds is 6. The average molecular weight is 478 g/mol. The molecule has 5 rings (SSSR count). The molecule has 0 unspecified atom stereocenters. The summed E-state index contributed by atoms with van der Waals surface area (Å²) in [5.74, 6) is -0.711. The van der Waals surface area contributed by atoms with Crippen molar-refractivity contribution in [2.45, 2.75) is 45.6 Å². The summed E-state index contributed by atoms with van der Waals surface area (Å²) in [5.41, 5.74) is 0.206. The molecule has 1 aromatic heterocycles. The predicted octanol–water partition coefficient (Wildman–Crippen LogP) is 4.37. The Morgan fingerprint density at radius 3 is 2.74 bits per heavy atom. The van der Waals surface area contributed by atoms with Crippen LogP contribution in [0.5, 0.6) is 5.75 Å². The van der Waals surface area contributed by atoms with Gasteiger partial charge in [0.1, 0.15) is 5.75 Å². The first-order valence-corrected chi connectivity index (χ1v) is 12.0. The fraction of sp³-hybridized carbons (Fsp3) is 0.393. The van der Waals surface area contributed by atoms with Gasteiger partial charge >= 0.3 is 5.97 Å². The molecule has 2 aliphatic rings. The number of carbonyl (C=O) groups is 2. The van der Waals surface area contributed by atoms with Gasteiger partial charge in [-0.15, -0.1) is 0 Å². The van der Waals surface area contributed by atoms with Gasteiger partial charge in [0.05, 0.1) is 10.8 Å². The number of pyridine rings is 1. The largest absolute Gasteiger partial charge is 0.481 e. The Kier molecular flexibility index (Phi) is 4.99. The molecule has 2 atom stereocenters. The summed E-state index contributed by atoms with van der Waals surface area (Å²) in [6.45, 7) is 0.285. The number of aryl methyl sites for hydroxylation is 1. The summed E-state index contributed by atoms with van der Waals surface area (Å²) in [7, 11) is 0. The first-order chi connectivity index (χ1) is 18.0. The van der Waals surface area contributed by atoms with E-state index < -0.39 is 24.3 Å². The molecule has 0 radical (unpaired) electrons. The topological polar surface area (TPSA) is 99.7 Å². The monoisotopic (exact) mass is 477 g/mol. The van der Waals surface area contributed by atoms with Crippen molar-refractivity contribution in [2.75, 3.05) is 13.1 Å². The van der Waals surface area contributed by atoms with Crippen LogP contribution >= 0.6 is 0 Å². The van der Waals surface area contributed by atoms with E-state index in [9.17, 15) is 19.5 Å². The van der Waals surface area contributed by atoms with Gasteiger partial charge in [0.2, 0.25) is 0 Å². The molecule has 7 nitrogen and oxygen atoms in total. The smallest absolute Gasteiger partial charge is 0.309 e. The number of nitrogens with one attached hydrogen (secondary N) is 1. The highest BCUT2D eigenvalue weighted by Gasteiger charge is 2.56. The summed E-state index contributed by atoms with van der Waals surface area (Å²) in [6.07, 6.45) is 3.55. The van der Waals surface area contributed by atoms with Gasteiger partial charge in [-0.1, -0.05) is 24.3 Å². The van der Waals surface area contributed by atoms with Crippen LogP contribution < -0.4 is 10.3 Å². The van der Waals surface area contributed by atoms with Crippen LogP contribution in [-0.2, 0) is 9.59 Å². The van der Waals surface area contributed by atoms with Gasteiger partial charge in [0.15, 0.2) is 6.10 Å². The quantitative estimate of drug-likeness (QED) is 0.549. The van der Waals surface area contributed by atoms with Gasteiger partial charge in [0, 0.05) is 29.0 Å². The number of aromatic nitrogens is 1. The molecule has 2 N–H and O–H groups in total. The van der Waals surface area contributed by atoms with Crippen LogP contribution in [0.3, 0.4) is 0 Å². The minimum Gasteiger partial charge on any atom is -0.481 e. The van der Waals surface area contributed by atoms with Crippen LogP contribution in [0.1, 0.15) is 42.3 Å². The van der Waals surface area contributed by atoms with Crippen molar-refractivity contribution in [1.29, 1.82) is 0 Å². The lowest BCUT2D eigenvalue weighted by molar-refractivity contribution is -0.149. The maximum atomic E-state index is 13.2. The van der Waals surface area contributed by atoms with Crippen LogP contribution in [0, 0.1) is 18.2 Å². The summed E-state index contributed by atoms with van der Waals surface area (Å²) in [4.78, 5) is 42.1. The SMILES string of the molecule is [2H]C([2H])([2H])c1ccccc1-c1c[nH]c(=O)c2cc(O[C@H](C)C(=O)N3CCC[C@@H](C4(C(=O)O)CC4)C3)ccc12. The molecule has 182 valence electrons. The van der Waals surface area contributed by atoms with Crippen molar-refractivity contribution in [3.8, 4) is 16.9 Å². The zero-order chi connectivity index (χ0) is 27.2. The molecular formula is C28H30N2O5. The maximum absolute atomic E-state index is 13.2. The number of H-pyrrole nitrogens is 1. The van der Waals surface area contributed by atoms with Crippen molar-refractivity contribution in [2.24, 2.45) is 11.3 Å². The number of hydrogen-bond donors (Lipinski definition) is 2. The summed E-state index contributed by atoms with van der Waals surface area (Å²) in [6, 6.07) is 11.6. The van der Waals surface area contributed by atoms with E-state index in [-0.39, 0.29) is 22.9 Å². The fourth-order valence-electron chi connectivity index (χ4n) is 5.32. The van der Waals surface area contributed by atoms with Crippen molar-refractivity contribution in [1.82, 2.24) is 9.88 Å². The summed E-state index contributed by atoms with van der Waals surface area (Å²) < 4.78 is 29.6. The third-order valence-corrected chi connectivity index (χ3v) is 7.48. The third-order valence-electron chi connectivity index (χ3n) is 7.48. The van der Waals surface area contributed by atoms with Gasteiger partial charge in [-0.3, -0.25) is 14.4 Å².